The predicted molar refractivity (Wildman–Crippen MR) is 80.6 cm³/mol. The fourth-order valence-corrected chi connectivity index (χ4v) is 2.55. The van der Waals surface area contributed by atoms with Crippen LogP contribution in [-0.2, 0) is 9.59 Å². The van der Waals surface area contributed by atoms with Crippen molar-refractivity contribution in [1.82, 2.24) is 9.88 Å². The Labute approximate surface area is 121 Å². The Bertz CT molecular complexity index is 729. The average Bonchev–Trinajstić information content (AvgIpc) is 2.50. The molecule has 0 saturated carbocycles. The highest BCUT2D eigenvalue weighted by Gasteiger charge is 2.31. The highest BCUT2D eigenvalue weighted by Crippen LogP contribution is 2.28. The zero-order chi connectivity index (χ0) is 15.0. The number of likely N-dealkylation sites (N-methyl/N-ethyl adjacent to an activating group) is 1. The molecule has 1 aliphatic rings. The molecular formula is C15H16N4O2. The number of hydrogen-bond acceptors (Lipinski definition) is 5. The number of fused-ring (bicyclic) bond motifs is 1. The number of aromatic nitrogens is 1. The molecule has 0 radical (unpaired) electrons. The van der Waals surface area contributed by atoms with Crippen molar-refractivity contribution in [2.24, 2.45) is 0 Å². The van der Waals surface area contributed by atoms with Gasteiger partial charge in [0.05, 0.1) is 11.2 Å². The van der Waals surface area contributed by atoms with Crippen LogP contribution in [-0.4, -0.2) is 34.8 Å². The number of hydrogen-bond donors (Lipinski definition) is 2. The van der Waals surface area contributed by atoms with E-state index in [1.54, 1.807) is 12.3 Å². The number of piperidine rings is 1. The maximum Gasteiger partial charge on any atom is 0.251 e. The van der Waals surface area contributed by atoms with E-state index in [2.05, 4.69) is 10.3 Å². The minimum Gasteiger partial charge on any atom is -0.398 e. The molecule has 6 nitrogen and oxygen atoms in total. The van der Waals surface area contributed by atoms with Crippen LogP contribution in [0.2, 0.25) is 0 Å². The highest BCUT2D eigenvalue weighted by atomic mass is 16.2. The van der Waals surface area contributed by atoms with Gasteiger partial charge < -0.3 is 11.1 Å². The van der Waals surface area contributed by atoms with Crippen LogP contribution < -0.4 is 11.1 Å². The Hall–Kier alpha value is -2.63. The first-order valence-electron chi connectivity index (χ1n) is 6.78. The maximum atomic E-state index is 12.1. The average molecular weight is 284 g/mol. The van der Waals surface area contributed by atoms with Gasteiger partial charge in [-0.1, -0.05) is 0 Å². The molecule has 3 rings (SSSR count). The normalized spacial score (nSPS) is 19.1. The third-order valence-electron chi connectivity index (χ3n) is 3.78. The standard InChI is InChI=1S/C15H16N4O2/c1-19-13(20)7-6-12(15(19)21)18-11-5-4-10(16)9-3-2-8-17-14(9)11/h2-5,8,12,18H,6-7,16H2,1H3. The second-order valence-corrected chi connectivity index (χ2v) is 5.13. The first-order valence-corrected chi connectivity index (χ1v) is 6.78. The van der Waals surface area contributed by atoms with Gasteiger partial charge in [0.2, 0.25) is 5.91 Å². The number of nitrogens with two attached hydrogens (primary N) is 1. The molecule has 1 aromatic carbocycles. The van der Waals surface area contributed by atoms with E-state index in [1.807, 2.05) is 18.2 Å². The van der Waals surface area contributed by atoms with E-state index < -0.39 is 6.04 Å². The maximum absolute atomic E-state index is 12.1. The predicted octanol–water partition coefficient (Wildman–Crippen LogP) is 1.38. The van der Waals surface area contributed by atoms with Crippen LogP contribution in [0.1, 0.15) is 12.8 Å². The lowest BCUT2D eigenvalue weighted by atomic mass is 10.0. The summed E-state index contributed by atoms with van der Waals surface area (Å²) in [6.45, 7) is 0. The summed E-state index contributed by atoms with van der Waals surface area (Å²) in [6.07, 6.45) is 2.53. The highest BCUT2D eigenvalue weighted by molar-refractivity contribution is 6.03. The summed E-state index contributed by atoms with van der Waals surface area (Å²) in [6, 6.07) is 6.90. The van der Waals surface area contributed by atoms with E-state index in [4.69, 9.17) is 5.73 Å². The molecule has 21 heavy (non-hydrogen) atoms. The molecule has 1 atom stereocenters. The van der Waals surface area contributed by atoms with Gasteiger partial charge in [-0.05, 0) is 30.7 Å². The number of nitrogen functional groups attached to an aromatic ring is 1. The first-order chi connectivity index (χ1) is 10.1. The van der Waals surface area contributed by atoms with Gasteiger partial charge >= 0.3 is 0 Å². The summed E-state index contributed by atoms with van der Waals surface area (Å²) in [5.41, 5.74) is 8.06. The molecule has 1 aliphatic heterocycles. The molecule has 0 bridgehead atoms. The summed E-state index contributed by atoms with van der Waals surface area (Å²) < 4.78 is 0. The van der Waals surface area contributed by atoms with Crippen molar-refractivity contribution >= 4 is 34.1 Å². The lowest BCUT2D eigenvalue weighted by Gasteiger charge is -2.29. The molecule has 1 unspecified atom stereocenters. The lowest BCUT2D eigenvalue weighted by Crippen LogP contribution is -2.48. The number of amides is 2. The quantitative estimate of drug-likeness (QED) is 0.642. The van der Waals surface area contributed by atoms with E-state index in [-0.39, 0.29) is 11.8 Å². The molecule has 108 valence electrons. The van der Waals surface area contributed by atoms with Crippen molar-refractivity contribution in [1.29, 1.82) is 0 Å². The molecule has 6 heteroatoms. The third-order valence-corrected chi connectivity index (χ3v) is 3.78. The van der Waals surface area contributed by atoms with Gasteiger partial charge in [0, 0.05) is 30.7 Å². The first kappa shape index (κ1) is 13.4. The third kappa shape index (κ3) is 2.29. The molecule has 0 aliphatic carbocycles. The second-order valence-electron chi connectivity index (χ2n) is 5.13. The Morgan fingerprint density at radius 1 is 1.33 bits per heavy atom. The van der Waals surface area contributed by atoms with Crippen molar-refractivity contribution in [3.63, 3.8) is 0 Å². The van der Waals surface area contributed by atoms with E-state index in [1.165, 1.54) is 11.9 Å². The van der Waals surface area contributed by atoms with Crippen molar-refractivity contribution in [3.05, 3.63) is 30.5 Å². The fraction of sp³-hybridized carbons (Fsp3) is 0.267. The smallest absolute Gasteiger partial charge is 0.251 e. The van der Waals surface area contributed by atoms with Crippen LogP contribution in [0.3, 0.4) is 0 Å². The second kappa shape index (κ2) is 5.05. The minimum atomic E-state index is -0.415. The molecule has 1 saturated heterocycles. The van der Waals surface area contributed by atoms with E-state index in [9.17, 15) is 9.59 Å². The Morgan fingerprint density at radius 2 is 2.14 bits per heavy atom. The van der Waals surface area contributed by atoms with Crippen LogP contribution in [0.4, 0.5) is 11.4 Å². The van der Waals surface area contributed by atoms with Gasteiger partial charge in [0.15, 0.2) is 0 Å². The van der Waals surface area contributed by atoms with Gasteiger partial charge in [0.25, 0.3) is 5.91 Å². The largest absolute Gasteiger partial charge is 0.398 e. The van der Waals surface area contributed by atoms with Crippen LogP contribution in [0.15, 0.2) is 30.5 Å². The number of anilines is 2. The summed E-state index contributed by atoms with van der Waals surface area (Å²) >= 11 is 0. The van der Waals surface area contributed by atoms with E-state index >= 15 is 0 Å². The number of likely N-dealkylation sites (tertiary alicyclic amines) is 1. The number of carbonyl (C=O) groups is 2. The molecule has 1 fully saturated rings. The van der Waals surface area contributed by atoms with Crippen molar-refractivity contribution in [2.45, 2.75) is 18.9 Å². The summed E-state index contributed by atoms with van der Waals surface area (Å²) in [4.78, 5) is 29.2. The fourth-order valence-electron chi connectivity index (χ4n) is 2.55. The Morgan fingerprint density at radius 3 is 2.95 bits per heavy atom. The van der Waals surface area contributed by atoms with Gasteiger partial charge in [-0.2, -0.15) is 0 Å². The number of pyridine rings is 1. The Balaban J connectivity index is 1.94. The zero-order valence-corrected chi connectivity index (χ0v) is 11.7. The number of benzene rings is 1. The molecule has 0 spiro atoms. The molecule has 3 N–H and O–H groups in total. The summed E-state index contributed by atoms with van der Waals surface area (Å²) in [5, 5.41) is 4.03. The number of nitrogens with one attached hydrogen (secondary N) is 1. The van der Waals surface area contributed by atoms with Crippen molar-refractivity contribution in [3.8, 4) is 0 Å². The van der Waals surface area contributed by atoms with Crippen molar-refractivity contribution < 1.29 is 9.59 Å². The van der Waals surface area contributed by atoms with E-state index in [0.717, 1.165) is 16.6 Å². The van der Waals surface area contributed by atoms with Crippen LogP contribution in [0.5, 0.6) is 0 Å². The lowest BCUT2D eigenvalue weighted by molar-refractivity contribution is -0.146. The summed E-state index contributed by atoms with van der Waals surface area (Å²) in [5.74, 6) is -0.356. The van der Waals surface area contributed by atoms with Gasteiger partial charge in [-0.3, -0.25) is 19.5 Å². The van der Waals surface area contributed by atoms with Gasteiger partial charge in [-0.15, -0.1) is 0 Å². The molecule has 2 heterocycles. The summed E-state index contributed by atoms with van der Waals surface area (Å²) in [7, 11) is 1.51. The molecule has 2 aromatic rings. The van der Waals surface area contributed by atoms with Gasteiger partial charge in [0.1, 0.15) is 6.04 Å². The topological polar surface area (TPSA) is 88.3 Å². The van der Waals surface area contributed by atoms with E-state index in [0.29, 0.717) is 18.5 Å². The number of imide groups is 1. The monoisotopic (exact) mass is 284 g/mol. The van der Waals surface area contributed by atoms with Gasteiger partial charge in [-0.25, -0.2) is 0 Å². The number of nitrogens with zero attached hydrogens (tertiary/aromatic N) is 2. The number of rotatable bonds is 2. The molecule has 2 amide bonds. The molecular weight excluding hydrogens is 268 g/mol. The van der Waals surface area contributed by atoms with Crippen LogP contribution in [0.25, 0.3) is 10.9 Å². The zero-order valence-electron chi connectivity index (χ0n) is 11.7. The van der Waals surface area contributed by atoms with Crippen LogP contribution in [0, 0.1) is 0 Å². The van der Waals surface area contributed by atoms with Crippen molar-refractivity contribution in [2.75, 3.05) is 18.1 Å². The minimum absolute atomic E-state index is 0.140. The van der Waals surface area contributed by atoms with Crippen LogP contribution >= 0.6 is 0 Å². The Kier molecular flexibility index (Phi) is 3.21. The number of carbonyl (C=O) groups excluding carboxylic acids is 2. The SMILES string of the molecule is CN1C(=O)CCC(Nc2ccc(N)c3cccnc23)C1=O. The molecule has 1 aromatic heterocycles.